The monoisotopic (exact) mass is 488 g/mol. The van der Waals surface area contributed by atoms with E-state index in [0.717, 1.165) is 55.2 Å². The maximum Gasteiger partial charge on any atom is 0.223 e. The van der Waals surface area contributed by atoms with Crippen LogP contribution >= 0.6 is 0 Å². The number of carbonyl (C=O) groups excluding carboxylic acids is 1. The first kappa shape index (κ1) is 26.8. The molecule has 0 unspecified atom stereocenters. The number of methoxy groups -OCH3 is 2. The van der Waals surface area contributed by atoms with Crippen LogP contribution in [-0.2, 0) is 11.2 Å². The SMILES string of the molecule is C=CCN(CCCNC(=O)C/C=C/c1ccc(-n2ccnc2)cc1)CCc1ccc(OC)c(OC)c1. The topological polar surface area (TPSA) is 68.6 Å². The first-order chi connectivity index (χ1) is 17.6. The van der Waals surface area contributed by atoms with Gasteiger partial charge >= 0.3 is 0 Å². The van der Waals surface area contributed by atoms with Crippen LogP contribution < -0.4 is 14.8 Å². The van der Waals surface area contributed by atoms with Crippen LogP contribution in [0.25, 0.3) is 11.8 Å². The minimum atomic E-state index is 0.0295. The lowest BCUT2D eigenvalue weighted by Gasteiger charge is -2.21. The lowest BCUT2D eigenvalue weighted by molar-refractivity contribution is -0.120. The Hall–Kier alpha value is -3.84. The zero-order valence-corrected chi connectivity index (χ0v) is 21.2. The number of imidazole rings is 1. The Kier molecular flexibility index (Phi) is 10.8. The second-order valence-electron chi connectivity index (χ2n) is 8.40. The fourth-order valence-corrected chi connectivity index (χ4v) is 3.87. The molecule has 7 nitrogen and oxygen atoms in total. The lowest BCUT2D eigenvalue weighted by Crippen LogP contribution is -2.31. The van der Waals surface area contributed by atoms with Gasteiger partial charge in [-0.05, 0) is 48.2 Å². The van der Waals surface area contributed by atoms with Crippen LogP contribution in [-0.4, -0.2) is 60.8 Å². The molecule has 2 aromatic carbocycles. The van der Waals surface area contributed by atoms with E-state index in [1.54, 1.807) is 26.7 Å². The summed E-state index contributed by atoms with van der Waals surface area (Å²) in [5.74, 6) is 1.51. The number of nitrogens with one attached hydrogen (secondary N) is 1. The van der Waals surface area contributed by atoms with Crippen LogP contribution in [0.15, 0.2) is 79.9 Å². The highest BCUT2D eigenvalue weighted by molar-refractivity contribution is 5.78. The Morgan fingerprint density at radius 3 is 2.61 bits per heavy atom. The molecule has 1 amide bonds. The normalized spacial score (nSPS) is 11.1. The molecule has 36 heavy (non-hydrogen) atoms. The summed E-state index contributed by atoms with van der Waals surface area (Å²) < 4.78 is 12.7. The minimum absolute atomic E-state index is 0.0295. The van der Waals surface area contributed by atoms with Gasteiger partial charge in [-0.15, -0.1) is 6.58 Å². The van der Waals surface area contributed by atoms with Gasteiger partial charge in [-0.1, -0.05) is 36.4 Å². The molecule has 3 rings (SSSR count). The van der Waals surface area contributed by atoms with Gasteiger partial charge < -0.3 is 19.4 Å². The van der Waals surface area contributed by atoms with Crippen molar-refractivity contribution < 1.29 is 14.3 Å². The first-order valence-corrected chi connectivity index (χ1v) is 12.2. The number of hydrogen-bond donors (Lipinski definition) is 1. The number of aromatic nitrogens is 2. The number of amides is 1. The predicted octanol–water partition coefficient (Wildman–Crippen LogP) is 4.53. The average Bonchev–Trinajstić information content (AvgIpc) is 3.45. The fourth-order valence-electron chi connectivity index (χ4n) is 3.87. The molecule has 0 bridgehead atoms. The van der Waals surface area contributed by atoms with Crippen LogP contribution in [0.4, 0.5) is 0 Å². The fraction of sp³-hybridized carbons (Fsp3) is 0.310. The first-order valence-electron chi connectivity index (χ1n) is 12.2. The summed E-state index contributed by atoms with van der Waals surface area (Å²) in [5.41, 5.74) is 3.30. The summed E-state index contributed by atoms with van der Waals surface area (Å²) in [4.78, 5) is 18.6. The Morgan fingerprint density at radius 2 is 1.92 bits per heavy atom. The Bertz CT molecular complexity index is 1110. The summed E-state index contributed by atoms with van der Waals surface area (Å²) >= 11 is 0. The smallest absolute Gasteiger partial charge is 0.223 e. The molecule has 0 aliphatic carbocycles. The van der Waals surface area contributed by atoms with Crippen LogP contribution in [0, 0.1) is 0 Å². The number of benzene rings is 2. The van der Waals surface area contributed by atoms with E-state index in [1.165, 1.54) is 5.56 Å². The van der Waals surface area contributed by atoms with Crippen molar-refractivity contribution in [1.82, 2.24) is 19.8 Å². The highest BCUT2D eigenvalue weighted by atomic mass is 16.5. The summed E-state index contributed by atoms with van der Waals surface area (Å²) in [6.45, 7) is 7.13. The van der Waals surface area contributed by atoms with E-state index in [1.807, 2.05) is 65.4 Å². The van der Waals surface area contributed by atoms with Crippen LogP contribution in [0.2, 0.25) is 0 Å². The van der Waals surface area contributed by atoms with Gasteiger partial charge in [0, 0.05) is 50.7 Å². The third kappa shape index (κ3) is 8.43. The molecule has 0 saturated heterocycles. The Labute approximate surface area is 214 Å². The van der Waals surface area contributed by atoms with Gasteiger partial charge in [0.1, 0.15) is 0 Å². The zero-order valence-electron chi connectivity index (χ0n) is 21.2. The second kappa shape index (κ2) is 14.5. The summed E-state index contributed by atoms with van der Waals surface area (Å²) in [7, 11) is 3.29. The van der Waals surface area contributed by atoms with Crippen LogP contribution in [0.5, 0.6) is 11.5 Å². The van der Waals surface area contributed by atoms with E-state index in [4.69, 9.17) is 9.47 Å². The molecule has 1 aromatic heterocycles. The van der Waals surface area contributed by atoms with Crippen LogP contribution in [0.1, 0.15) is 24.0 Å². The van der Waals surface area contributed by atoms with Crippen molar-refractivity contribution in [2.75, 3.05) is 40.4 Å². The van der Waals surface area contributed by atoms with Gasteiger partial charge in [-0.25, -0.2) is 4.98 Å². The maximum absolute atomic E-state index is 12.2. The molecular weight excluding hydrogens is 452 g/mol. The third-order valence-electron chi connectivity index (χ3n) is 5.83. The molecule has 0 atom stereocenters. The van der Waals surface area contributed by atoms with Gasteiger partial charge in [0.25, 0.3) is 0 Å². The molecule has 1 N–H and O–H groups in total. The molecule has 3 aromatic rings. The van der Waals surface area contributed by atoms with E-state index in [-0.39, 0.29) is 5.91 Å². The molecule has 0 radical (unpaired) electrons. The number of nitrogens with zero attached hydrogens (tertiary/aromatic N) is 3. The summed E-state index contributed by atoms with van der Waals surface area (Å²) in [6.07, 6.45) is 13.3. The number of rotatable bonds is 15. The van der Waals surface area contributed by atoms with Gasteiger partial charge in [-0.2, -0.15) is 0 Å². The summed E-state index contributed by atoms with van der Waals surface area (Å²) in [6, 6.07) is 14.1. The molecule has 190 valence electrons. The van der Waals surface area contributed by atoms with E-state index >= 15 is 0 Å². The van der Waals surface area contributed by atoms with Crippen molar-refractivity contribution in [1.29, 1.82) is 0 Å². The molecule has 0 spiro atoms. The van der Waals surface area contributed by atoms with Crippen molar-refractivity contribution in [3.8, 4) is 17.2 Å². The number of carbonyl (C=O) groups is 1. The van der Waals surface area contributed by atoms with Gasteiger partial charge in [0.15, 0.2) is 11.5 Å². The van der Waals surface area contributed by atoms with Crippen molar-refractivity contribution in [3.05, 3.63) is 91.0 Å². The minimum Gasteiger partial charge on any atom is -0.493 e. The molecule has 7 heteroatoms. The van der Waals surface area contributed by atoms with E-state index in [2.05, 4.69) is 27.8 Å². The Morgan fingerprint density at radius 1 is 1.11 bits per heavy atom. The summed E-state index contributed by atoms with van der Waals surface area (Å²) in [5, 5.41) is 3.01. The molecule has 0 aliphatic rings. The van der Waals surface area contributed by atoms with Gasteiger partial charge in [0.2, 0.25) is 5.91 Å². The third-order valence-corrected chi connectivity index (χ3v) is 5.83. The quantitative estimate of drug-likeness (QED) is 0.251. The number of ether oxygens (including phenoxy) is 2. The van der Waals surface area contributed by atoms with Crippen molar-refractivity contribution >= 4 is 12.0 Å². The Balaban J connectivity index is 1.35. The average molecular weight is 489 g/mol. The largest absolute Gasteiger partial charge is 0.493 e. The zero-order chi connectivity index (χ0) is 25.6. The molecule has 0 aliphatic heterocycles. The lowest BCUT2D eigenvalue weighted by atomic mass is 10.1. The maximum atomic E-state index is 12.2. The van der Waals surface area contributed by atoms with Crippen molar-refractivity contribution in [2.24, 2.45) is 0 Å². The van der Waals surface area contributed by atoms with Gasteiger partial charge in [-0.3, -0.25) is 9.69 Å². The van der Waals surface area contributed by atoms with E-state index in [0.29, 0.717) is 13.0 Å². The van der Waals surface area contributed by atoms with E-state index < -0.39 is 0 Å². The van der Waals surface area contributed by atoms with Gasteiger partial charge in [0.05, 0.1) is 20.5 Å². The van der Waals surface area contributed by atoms with Crippen molar-refractivity contribution in [3.63, 3.8) is 0 Å². The molecular formula is C29H36N4O3. The molecule has 1 heterocycles. The molecule has 0 saturated carbocycles. The standard InChI is InChI=1S/C29H36N4O3/c1-4-18-32(20-15-25-11-14-27(35-2)28(22-25)36-3)19-6-16-31-29(34)8-5-7-24-9-12-26(13-10-24)33-21-17-30-23-33/h4-5,7,9-14,17,21-23H,1,6,8,15-16,18-20H2,2-3H3,(H,31,34)/b7-5+. The van der Waals surface area contributed by atoms with E-state index in [9.17, 15) is 4.79 Å². The second-order valence-corrected chi connectivity index (χ2v) is 8.40. The van der Waals surface area contributed by atoms with Crippen LogP contribution in [0.3, 0.4) is 0 Å². The number of hydrogen-bond acceptors (Lipinski definition) is 5. The highest BCUT2D eigenvalue weighted by Crippen LogP contribution is 2.27. The highest BCUT2D eigenvalue weighted by Gasteiger charge is 2.08. The molecule has 0 fully saturated rings. The predicted molar refractivity (Wildman–Crippen MR) is 145 cm³/mol. The van der Waals surface area contributed by atoms with Crippen molar-refractivity contribution in [2.45, 2.75) is 19.3 Å².